The van der Waals surface area contributed by atoms with E-state index in [0.29, 0.717) is 13.0 Å². The van der Waals surface area contributed by atoms with Crippen molar-refractivity contribution in [3.05, 3.63) is 53.6 Å². The van der Waals surface area contributed by atoms with Crippen LogP contribution in [0.3, 0.4) is 0 Å². The lowest BCUT2D eigenvalue weighted by Crippen LogP contribution is -2.13. The molecule has 0 amide bonds. The standard InChI is InChI=1S/C15H15F3N2O/c16-15(17,18)13-9-11(19)3-6-14(13)20-8-7-10-1-4-12(21)5-2-10/h1-6,9,20-21H,7-8,19H2. The van der Waals surface area contributed by atoms with Crippen LogP contribution in [0.25, 0.3) is 0 Å². The van der Waals surface area contributed by atoms with Crippen molar-refractivity contribution in [3.8, 4) is 5.75 Å². The van der Waals surface area contributed by atoms with E-state index in [1.807, 2.05) is 0 Å². The molecule has 0 saturated heterocycles. The fraction of sp³-hybridized carbons (Fsp3) is 0.200. The monoisotopic (exact) mass is 296 g/mol. The van der Waals surface area contributed by atoms with E-state index >= 15 is 0 Å². The maximum absolute atomic E-state index is 12.9. The number of alkyl halides is 3. The van der Waals surface area contributed by atoms with Crippen LogP contribution >= 0.6 is 0 Å². The van der Waals surface area contributed by atoms with E-state index in [1.54, 1.807) is 24.3 Å². The summed E-state index contributed by atoms with van der Waals surface area (Å²) in [4.78, 5) is 0. The van der Waals surface area contributed by atoms with E-state index in [-0.39, 0.29) is 17.1 Å². The van der Waals surface area contributed by atoms with Gasteiger partial charge in [-0.05, 0) is 42.3 Å². The Morgan fingerprint density at radius 3 is 2.33 bits per heavy atom. The fourth-order valence-electron chi connectivity index (χ4n) is 1.95. The lowest BCUT2D eigenvalue weighted by atomic mass is 10.1. The highest BCUT2D eigenvalue weighted by Gasteiger charge is 2.33. The number of nitrogens with two attached hydrogens (primary N) is 1. The minimum Gasteiger partial charge on any atom is -0.508 e. The zero-order valence-electron chi connectivity index (χ0n) is 11.1. The molecule has 2 aromatic rings. The largest absolute Gasteiger partial charge is 0.508 e. The van der Waals surface area contributed by atoms with Gasteiger partial charge in [-0.2, -0.15) is 13.2 Å². The van der Waals surface area contributed by atoms with E-state index in [2.05, 4.69) is 5.32 Å². The first-order valence-electron chi connectivity index (χ1n) is 6.35. The van der Waals surface area contributed by atoms with Gasteiger partial charge in [0.2, 0.25) is 0 Å². The van der Waals surface area contributed by atoms with Crippen molar-refractivity contribution < 1.29 is 18.3 Å². The number of halogens is 3. The highest BCUT2D eigenvalue weighted by Crippen LogP contribution is 2.36. The van der Waals surface area contributed by atoms with Crippen LogP contribution in [0.4, 0.5) is 24.5 Å². The van der Waals surface area contributed by atoms with Gasteiger partial charge in [0.25, 0.3) is 0 Å². The zero-order chi connectivity index (χ0) is 15.5. The summed E-state index contributed by atoms with van der Waals surface area (Å²) in [7, 11) is 0. The summed E-state index contributed by atoms with van der Waals surface area (Å²) in [5.74, 6) is 0.157. The minimum absolute atomic E-state index is 0.00970. The summed E-state index contributed by atoms with van der Waals surface area (Å²) in [5.41, 5.74) is 5.64. The number of hydrogen-bond donors (Lipinski definition) is 3. The Balaban J connectivity index is 2.05. The Morgan fingerprint density at radius 2 is 1.71 bits per heavy atom. The van der Waals surface area contributed by atoms with Crippen LogP contribution in [0.5, 0.6) is 5.75 Å². The molecular weight excluding hydrogens is 281 g/mol. The van der Waals surface area contributed by atoms with Gasteiger partial charge in [0.1, 0.15) is 5.75 Å². The highest BCUT2D eigenvalue weighted by atomic mass is 19.4. The first kappa shape index (κ1) is 15.0. The van der Waals surface area contributed by atoms with Crippen molar-refractivity contribution in [1.82, 2.24) is 0 Å². The molecule has 4 N–H and O–H groups in total. The Labute approximate surface area is 120 Å². The van der Waals surface area contributed by atoms with Gasteiger partial charge in [-0.3, -0.25) is 0 Å². The maximum Gasteiger partial charge on any atom is 0.418 e. The van der Waals surface area contributed by atoms with Gasteiger partial charge in [-0.25, -0.2) is 0 Å². The van der Waals surface area contributed by atoms with Crippen LogP contribution in [-0.4, -0.2) is 11.7 Å². The Kier molecular flexibility index (Phi) is 4.26. The molecule has 2 rings (SSSR count). The second kappa shape index (κ2) is 5.95. The Morgan fingerprint density at radius 1 is 1.05 bits per heavy atom. The Bertz CT molecular complexity index is 609. The molecular formula is C15H15F3N2O. The molecule has 0 radical (unpaired) electrons. The van der Waals surface area contributed by atoms with Gasteiger partial charge in [-0.15, -0.1) is 0 Å². The minimum atomic E-state index is -4.45. The van der Waals surface area contributed by atoms with Gasteiger partial charge < -0.3 is 16.2 Å². The molecule has 6 heteroatoms. The van der Waals surface area contributed by atoms with Crippen molar-refractivity contribution in [3.63, 3.8) is 0 Å². The number of aromatic hydroxyl groups is 1. The molecule has 0 aliphatic heterocycles. The van der Waals surface area contributed by atoms with E-state index in [4.69, 9.17) is 10.8 Å². The van der Waals surface area contributed by atoms with Gasteiger partial charge in [-0.1, -0.05) is 12.1 Å². The maximum atomic E-state index is 12.9. The first-order valence-corrected chi connectivity index (χ1v) is 6.35. The summed E-state index contributed by atoms with van der Waals surface area (Å²) >= 11 is 0. The van der Waals surface area contributed by atoms with Crippen LogP contribution in [0.2, 0.25) is 0 Å². The molecule has 3 nitrogen and oxygen atoms in total. The van der Waals surface area contributed by atoms with Gasteiger partial charge in [0, 0.05) is 17.9 Å². The van der Waals surface area contributed by atoms with Crippen LogP contribution in [0.1, 0.15) is 11.1 Å². The molecule has 21 heavy (non-hydrogen) atoms. The first-order chi connectivity index (χ1) is 9.86. The number of hydrogen-bond acceptors (Lipinski definition) is 3. The molecule has 0 aliphatic carbocycles. The summed E-state index contributed by atoms with van der Waals surface area (Å²) in [6, 6.07) is 10.2. The molecule has 0 saturated carbocycles. The summed E-state index contributed by atoms with van der Waals surface area (Å²) < 4.78 is 38.7. The number of phenols is 1. The van der Waals surface area contributed by atoms with Gasteiger partial charge >= 0.3 is 6.18 Å². The molecule has 0 aliphatic rings. The number of anilines is 2. The second-order valence-corrected chi connectivity index (χ2v) is 4.65. The predicted octanol–water partition coefficient (Wildman–Crippen LogP) is 3.65. The third kappa shape index (κ3) is 4.05. The molecule has 0 fully saturated rings. The van der Waals surface area contributed by atoms with E-state index in [9.17, 15) is 13.2 Å². The molecule has 2 aromatic carbocycles. The number of benzene rings is 2. The number of phenolic OH excluding ortho intramolecular Hbond substituents is 1. The van der Waals surface area contributed by atoms with Crippen molar-refractivity contribution in [2.75, 3.05) is 17.6 Å². The third-order valence-corrected chi connectivity index (χ3v) is 3.01. The van der Waals surface area contributed by atoms with Crippen LogP contribution in [0.15, 0.2) is 42.5 Å². The summed E-state index contributed by atoms with van der Waals surface area (Å²) in [6.45, 7) is 0.345. The van der Waals surface area contributed by atoms with E-state index in [1.165, 1.54) is 12.1 Å². The van der Waals surface area contributed by atoms with Crippen molar-refractivity contribution in [2.24, 2.45) is 0 Å². The normalized spacial score (nSPS) is 11.4. The van der Waals surface area contributed by atoms with Crippen LogP contribution < -0.4 is 11.1 Å². The molecule has 0 spiro atoms. The molecule has 0 unspecified atom stereocenters. The Hall–Kier alpha value is -2.37. The summed E-state index contributed by atoms with van der Waals surface area (Å²) in [5, 5.41) is 11.9. The zero-order valence-corrected chi connectivity index (χ0v) is 11.1. The molecule has 0 atom stereocenters. The van der Waals surface area contributed by atoms with E-state index < -0.39 is 11.7 Å². The quantitative estimate of drug-likeness (QED) is 0.755. The number of nitrogen functional groups attached to an aromatic ring is 1. The fourth-order valence-corrected chi connectivity index (χ4v) is 1.95. The lowest BCUT2D eigenvalue weighted by molar-refractivity contribution is -0.136. The second-order valence-electron chi connectivity index (χ2n) is 4.65. The smallest absolute Gasteiger partial charge is 0.418 e. The molecule has 0 heterocycles. The van der Waals surface area contributed by atoms with Gasteiger partial charge in [0.05, 0.1) is 5.56 Å². The molecule has 0 bridgehead atoms. The summed E-state index contributed by atoms with van der Waals surface area (Å²) in [6.07, 6.45) is -3.90. The van der Waals surface area contributed by atoms with E-state index in [0.717, 1.165) is 11.6 Å². The average Bonchev–Trinajstić information content (AvgIpc) is 2.41. The topological polar surface area (TPSA) is 58.3 Å². The van der Waals surface area contributed by atoms with Crippen LogP contribution in [-0.2, 0) is 12.6 Å². The average molecular weight is 296 g/mol. The van der Waals surface area contributed by atoms with Crippen molar-refractivity contribution in [2.45, 2.75) is 12.6 Å². The van der Waals surface area contributed by atoms with Crippen molar-refractivity contribution in [1.29, 1.82) is 0 Å². The van der Waals surface area contributed by atoms with Gasteiger partial charge in [0.15, 0.2) is 0 Å². The highest BCUT2D eigenvalue weighted by molar-refractivity contribution is 5.59. The molecule has 112 valence electrons. The van der Waals surface area contributed by atoms with Crippen LogP contribution in [0, 0.1) is 0 Å². The predicted molar refractivity (Wildman–Crippen MR) is 76.2 cm³/mol. The number of nitrogens with one attached hydrogen (secondary N) is 1. The SMILES string of the molecule is Nc1ccc(NCCc2ccc(O)cc2)c(C(F)(F)F)c1. The lowest BCUT2D eigenvalue weighted by Gasteiger charge is -2.15. The molecule has 0 aromatic heterocycles. The number of rotatable bonds is 4. The third-order valence-electron chi connectivity index (χ3n) is 3.01. The van der Waals surface area contributed by atoms with Crippen molar-refractivity contribution >= 4 is 11.4 Å².